The summed E-state index contributed by atoms with van der Waals surface area (Å²) in [7, 11) is 0. The Kier molecular flexibility index (Phi) is 3.78. The molecule has 1 heterocycles. The molecule has 5 heteroatoms. The van der Waals surface area contributed by atoms with Gasteiger partial charge in [0.15, 0.2) is 0 Å². The third-order valence-corrected chi connectivity index (χ3v) is 3.18. The summed E-state index contributed by atoms with van der Waals surface area (Å²) in [6.45, 7) is 7.13. The predicted molar refractivity (Wildman–Crippen MR) is 59.9 cm³/mol. The first-order chi connectivity index (χ1) is 7.29. The Morgan fingerprint density at radius 1 is 1.44 bits per heavy atom. The number of piperidine rings is 1. The van der Waals surface area contributed by atoms with Gasteiger partial charge in [-0.2, -0.15) is 0 Å². The first-order valence-electron chi connectivity index (χ1n) is 5.59. The smallest absolute Gasteiger partial charge is 0.405 e. The molecule has 0 bridgehead atoms. The molecule has 2 N–H and O–H groups in total. The second-order valence-corrected chi connectivity index (χ2v) is 5.40. The average molecular weight is 232 g/mol. The van der Waals surface area contributed by atoms with Crippen molar-refractivity contribution < 1.29 is 13.9 Å². The van der Waals surface area contributed by atoms with E-state index in [1.165, 1.54) is 0 Å². The molecule has 0 radical (unpaired) electrons. The van der Waals surface area contributed by atoms with Gasteiger partial charge in [-0.3, -0.25) is 4.90 Å². The standard InChI is InChI=1S/C11H21FN2O2/c1-10(2,3)14-6-4-11(8-12,5-7-14)16-9(13)15/h4-8H2,1-3H3,(H2,13,15). The van der Waals surface area contributed by atoms with Gasteiger partial charge < -0.3 is 10.5 Å². The number of carbonyl (C=O) groups is 1. The predicted octanol–water partition coefficient (Wildman–Crippen LogP) is 1.68. The van der Waals surface area contributed by atoms with E-state index in [2.05, 4.69) is 25.7 Å². The van der Waals surface area contributed by atoms with Crippen LogP contribution in [0.1, 0.15) is 33.6 Å². The number of rotatable bonds is 2. The van der Waals surface area contributed by atoms with Crippen LogP contribution in [0.4, 0.5) is 9.18 Å². The van der Waals surface area contributed by atoms with Crippen LogP contribution in [0.2, 0.25) is 0 Å². The summed E-state index contributed by atoms with van der Waals surface area (Å²) in [5.41, 5.74) is 4.04. The van der Waals surface area contributed by atoms with Crippen molar-refractivity contribution in [1.82, 2.24) is 4.90 Å². The fourth-order valence-electron chi connectivity index (χ4n) is 2.06. The highest BCUT2D eigenvalue weighted by Crippen LogP contribution is 2.30. The molecule has 0 spiro atoms. The number of hydrogen-bond acceptors (Lipinski definition) is 3. The molecule has 1 saturated heterocycles. The van der Waals surface area contributed by atoms with Crippen LogP contribution in [0.5, 0.6) is 0 Å². The Morgan fingerprint density at radius 3 is 2.25 bits per heavy atom. The van der Waals surface area contributed by atoms with Crippen LogP contribution >= 0.6 is 0 Å². The first-order valence-corrected chi connectivity index (χ1v) is 5.59. The van der Waals surface area contributed by atoms with Gasteiger partial charge in [-0.15, -0.1) is 0 Å². The highest BCUT2D eigenvalue weighted by molar-refractivity contribution is 5.65. The number of likely N-dealkylation sites (tertiary alicyclic amines) is 1. The zero-order chi connectivity index (χ0) is 12.4. The molecule has 0 aromatic rings. The molecular formula is C11H21FN2O2. The lowest BCUT2D eigenvalue weighted by molar-refractivity contribution is -0.0613. The van der Waals surface area contributed by atoms with E-state index >= 15 is 0 Å². The average Bonchev–Trinajstić information content (AvgIpc) is 2.16. The summed E-state index contributed by atoms with van der Waals surface area (Å²) in [4.78, 5) is 13.0. The number of ether oxygens (including phenoxy) is 1. The van der Waals surface area contributed by atoms with Gasteiger partial charge in [0.05, 0.1) is 0 Å². The highest BCUT2D eigenvalue weighted by Gasteiger charge is 2.40. The van der Waals surface area contributed by atoms with E-state index in [4.69, 9.17) is 10.5 Å². The van der Waals surface area contributed by atoms with Gasteiger partial charge >= 0.3 is 6.09 Å². The van der Waals surface area contributed by atoms with Crippen LogP contribution in [0, 0.1) is 0 Å². The molecule has 0 saturated carbocycles. The van der Waals surface area contributed by atoms with Gasteiger partial charge in [0.25, 0.3) is 0 Å². The Balaban J connectivity index is 2.60. The van der Waals surface area contributed by atoms with Crippen LogP contribution in [-0.2, 0) is 4.74 Å². The van der Waals surface area contributed by atoms with Gasteiger partial charge in [0.1, 0.15) is 12.3 Å². The maximum Gasteiger partial charge on any atom is 0.405 e. The molecule has 4 nitrogen and oxygen atoms in total. The Bertz CT molecular complexity index is 255. The largest absolute Gasteiger partial charge is 0.440 e. The van der Waals surface area contributed by atoms with Gasteiger partial charge in [0.2, 0.25) is 0 Å². The molecule has 0 aromatic heterocycles. The Morgan fingerprint density at radius 2 is 1.94 bits per heavy atom. The normalized spacial score (nSPS) is 21.8. The van der Waals surface area contributed by atoms with Crippen molar-refractivity contribution in [1.29, 1.82) is 0 Å². The molecule has 1 fully saturated rings. The van der Waals surface area contributed by atoms with Crippen LogP contribution in [0.15, 0.2) is 0 Å². The van der Waals surface area contributed by atoms with E-state index in [0.717, 1.165) is 13.1 Å². The van der Waals surface area contributed by atoms with E-state index in [1.54, 1.807) is 0 Å². The number of nitrogens with two attached hydrogens (primary N) is 1. The number of alkyl halides is 1. The number of carbonyl (C=O) groups excluding carboxylic acids is 1. The summed E-state index contributed by atoms with van der Waals surface area (Å²) in [5, 5.41) is 0. The molecule has 0 aromatic carbocycles. The number of amides is 1. The molecule has 94 valence electrons. The second kappa shape index (κ2) is 4.57. The molecule has 1 aliphatic rings. The minimum absolute atomic E-state index is 0.0647. The second-order valence-electron chi connectivity index (χ2n) is 5.40. The van der Waals surface area contributed by atoms with Gasteiger partial charge in [-0.25, -0.2) is 9.18 Å². The summed E-state index contributed by atoms with van der Waals surface area (Å²) in [6, 6.07) is 0. The first kappa shape index (κ1) is 13.2. The lowest BCUT2D eigenvalue weighted by Gasteiger charge is -2.44. The molecule has 1 aliphatic heterocycles. The van der Waals surface area contributed by atoms with Crippen molar-refractivity contribution in [3.05, 3.63) is 0 Å². The maximum atomic E-state index is 13.0. The van der Waals surface area contributed by atoms with E-state index < -0.39 is 18.4 Å². The Hall–Kier alpha value is -0.840. The zero-order valence-electron chi connectivity index (χ0n) is 10.3. The van der Waals surface area contributed by atoms with E-state index in [1.807, 2.05) is 0 Å². The summed E-state index contributed by atoms with van der Waals surface area (Å²) >= 11 is 0. The Labute approximate surface area is 95.9 Å². The van der Waals surface area contributed by atoms with Crippen molar-refractivity contribution in [3.63, 3.8) is 0 Å². The van der Waals surface area contributed by atoms with Crippen molar-refractivity contribution >= 4 is 6.09 Å². The van der Waals surface area contributed by atoms with E-state index in [0.29, 0.717) is 12.8 Å². The number of halogens is 1. The molecular weight excluding hydrogens is 211 g/mol. The van der Waals surface area contributed by atoms with E-state index in [-0.39, 0.29) is 5.54 Å². The van der Waals surface area contributed by atoms with Crippen LogP contribution in [0.25, 0.3) is 0 Å². The molecule has 1 amide bonds. The van der Waals surface area contributed by atoms with Crippen molar-refractivity contribution in [2.75, 3.05) is 19.8 Å². The minimum Gasteiger partial charge on any atom is -0.440 e. The molecule has 0 aliphatic carbocycles. The maximum absolute atomic E-state index is 13.0. The number of hydrogen-bond donors (Lipinski definition) is 1. The quantitative estimate of drug-likeness (QED) is 0.788. The third-order valence-electron chi connectivity index (χ3n) is 3.18. The van der Waals surface area contributed by atoms with Gasteiger partial charge in [-0.05, 0) is 20.8 Å². The van der Waals surface area contributed by atoms with Gasteiger partial charge in [-0.1, -0.05) is 0 Å². The lowest BCUT2D eigenvalue weighted by atomic mass is 9.89. The van der Waals surface area contributed by atoms with Crippen LogP contribution < -0.4 is 5.73 Å². The molecule has 16 heavy (non-hydrogen) atoms. The van der Waals surface area contributed by atoms with E-state index in [9.17, 15) is 9.18 Å². The van der Waals surface area contributed by atoms with Crippen molar-refractivity contribution in [2.45, 2.75) is 44.8 Å². The molecule has 0 atom stereocenters. The number of primary amides is 1. The minimum atomic E-state index is -0.992. The summed E-state index contributed by atoms with van der Waals surface area (Å²) in [6.07, 6.45) is 0.120. The van der Waals surface area contributed by atoms with Gasteiger partial charge in [0, 0.05) is 31.5 Å². The van der Waals surface area contributed by atoms with Crippen molar-refractivity contribution in [2.24, 2.45) is 5.73 Å². The van der Waals surface area contributed by atoms with Crippen LogP contribution in [-0.4, -0.2) is 41.9 Å². The third kappa shape index (κ3) is 3.07. The highest BCUT2D eigenvalue weighted by atomic mass is 19.1. The fraction of sp³-hybridized carbons (Fsp3) is 0.909. The summed E-state index contributed by atoms with van der Waals surface area (Å²) in [5.74, 6) is 0. The monoisotopic (exact) mass is 232 g/mol. The molecule has 0 unspecified atom stereocenters. The van der Waals surface area contributed by atoms with Crippen molar-refractivity contribution in [3.8, 4) is 0 Å². The SMILES string of the molecule is CC(C)(C)N1CCC(CF)(OC(N)=O)CC1. The topological polar surface area (TPSA) is 55.6 Å². The fourth-order valence-corrected chi connectivity index (χ4v) is 2.06. The van der Waals surface area contributed by atoms with Crippen LogP contribution in [0.3, 0.4) is 0 Å². The molecule has 1 rings (SSSR count). The summed E-state index contributed by atoms with van der Waals surface area (Å²) < 4.78 is 17.9. The zero-order valence-corrected chi connectivity index (χ0v) is 10.3. The number of nitrogens with zero attached hydrogens (tertiary/aromatic N) is 1. The lowest BCUT2D eigenvalue weighted by Crippen LogP contribution is -2.54.